The Labute approximate surface area is 154 Å². The maximum absolute atomic E-state index is 11.8. The van der Waals surface area contributed by atoms with Crippen molar-refractivity contribution >= 4 is 17.3 Å². The van der Waals surface area contributed by atoms with Crippen LogP contribution in [0.25, 0.3) is 16.7 Å². The number of carbonyl (C=O) groups is 2. The molecular formula is C23H23NO2. The van der Waals surface area contributed by atoms with Gasteiger partial charge in [-0.2, -0.15) is 0 Å². The highest BCUT2D eigenvalue weighted by Gasteiger charge is 2.24. The molecule has 0 fully saturated rings. The lowest BCUT2D eigenvalue weighted by Crippen LogP contribution is -2.14. The number of amides is 1. The van der Waals surface area contributed by atoms with E-state index in [0.717, 1.165) is 34.2 Å². The number of benzene rings is 2. The van der Waals surface area contributed by atoms with Gasteiger partial charge >= 0.3 is 0 Å². The van der Waals surface area contributed by atoms with Crippen LogP contribution in [0.3, 0.4) is 0 Å². The van der Waals surface area contributed by atoms with E-state index in [4.69, 9.17) is 5.73 Å². The number of fused-ring (bicyclic) bond motifs is 1. The van der Waals surface area contributed by atoms with Crippen LogP contribution in [0.2, 0.25) is 0 Å². The second kappa shape index (κ2) is 7.12. The summed E-state index contributed by atoms with van der Waals surface area (Å²) >= 11 is 0. The molecule has 3 heteroatoms. The Morgan fingerprint density at radius 3 is 2.65 bits per heavy atom. The van der Waals surface area contributed by atoms with Crippen LogP contribution in [0, 0.1) is 0 Å². The fourth-order valence-electron chi connectivity index (χ4n) is 3.61. The van der Waals surface area contributed by atoms with Crippen molar-refractivity contribution in [3.63, 3.8) is 0 Å². The predicted octanol–water partition coefficient (Wildman–Crippen LogP) is 4.49. The van der Waals surface area contributed by atoms with E-state index in [1.165, 1.54) is 17.2 Å². The minimum absolute atomic E-state index is 0.0523. The topological polar surface area (TPSA) is 60.2 Å². The van der Waals surface area contributed by atoms with Crippen LogP contribution in [0.4, 0.5) is 0 Å². The van der Waals surface area contributed by atoms with Crippen LogP contribution in [0.15, 0.2) is 54.6 Å². The lowest BCUT2D eigenvalue weighted by atomic mass is 9.90. The smallest absolute Gasteiger partial charge is 0.249 e. The molecule has 0 spiro atoms. The van der Waals surface area contributed by atoms with Gasteiger partial charge in [0.05, 0.1) is 0 Å². The predicted molar refractivity (Wildman–Crippen MR) is 106 cm³/mol. The zero-order valence-corrected chi connectivity index (χ0v) is 15.3. The summed E-state index contributed by atoms with van der Waals surface area (Å²) in [5.74, 6) is -0.330. The van der Waals surface area contributed by atoms with Gasteiger partial charge in [0.15, 0.2) is 5.78 Å². The van der Waals surface area contributed by atoms with E-state index in [0.29, 0.717) is 18.4 Å². The molecule has 0 aromatic heterocycles. The average Bonchev–Trinajstić information content (AvgIpc) is 2.94. The number of aryl methyl sites for hydroxylation is 1. The van der Waals surface area contributed by atoms with Crippen molar-refractivity contribution < 1.29 is 9.59 Å². The van der Waals surface area contributed by atoms with Crippen molar-refractivity contribution in [2.75, 3.05) is 0 Å². The van der Waals surface area contributed by atoms with Gasteiger partial charge < -0.3 is 5.73 Å². The number of hydrogen-bond acceptors (Lipinski definition) is 2. The van der Waals surface area contributed by atoms with E-state index in [-0.39, 0.29) is 11.7 Å². The second-order valence-electron chi connectivity index (χ2n) is 6.83. The van der Waals surface area contributed by atoms with Crippen LogP contribution in [-0.4, -0.2) is 11.7 Å². The third-order valence-electron chi connectivity index (χ3n) is 5.16. The lowest BCUT2D eigenvalue weighted by Gasteiger charge is -2.14. The van der Waals surface area contributed by atoms with Gasteiger partial charge in [-0.3, -0.25) is 9.59 Å². The Morgan fingerprint density at radius 1 is 1.19 bits per heavy atom. The molecule has 0 saturated carbocycles. The second-order valence-corrected chi connectivity index (χ2v) is 6.83. The number of rotatable bonds is 6. The number of carbonyl (C=O) groups excluding carboxylic acids is 2. The molecule has 0 saturated heterocycles. The summed E-state index contributed by atoms with van der Waals surface area (Å²) in [6.07, 6.45) is 3.29. The molecule has 2 aromatic carbocycles. The molecule has 0 heterocycles. The van der Waals surface area contributed by atoms with E-state index < -0.39 is 0 Å². The zero-order chi connectivity index (χ0) is 18.8. The van der Waals surface area contributed by atoms with Gasteiger partial charge in [0.25, 0.3) is 0 Å². The average molecular weight is 345 g/mol. The van der Waals surface area contributed by atoms with Crippen molar-refractivity contribution in [2.45, 2.75) is 33.1 Å². The molecule has 3 nitrogen and oxygen atoms in total. The molecule has 1 aliphatic carbocycles. The molecule has 26 heavy (non-hydrogen) atoms. The number of ketones is 1. The van der Waals surface area contributed by atoms with Crippen LogP contribution in [0.1, 0.15) is 47.3 Å². The van der Waals surface area contributed by atoms with Gasteiger partial charge in [-0.1, -0.05) is 42.5 Å². The first-order chi connectivity index (χ1) is 12.4. The highest BCUT2D eigenvalue weighted by atomic mass is 16.1. The minimum atomic E-state index is -0.382. The Bertz CT molecular complexity index is 951. The molecule has 0 radical (unpaired) electrons. The third kappa shape index (κ3) is 3.25. The molecule has 1 aliphatic rings. The van der Waals surface area contributed by atoms with Crippen LogP contribution in [-0.2, 0) is 17.6 Å². The Balaban J connectivity index is 2.06. The van der Waals surface area contributed by atoms with E-state index >= 15 is 0 Å². The first-order valence-corrected chi connectivity index (χ1v) is 8.79. The highest BCUT2D eigenvalue weighted by Crippen LogP contribution is 2.41. The Kier molecular flexibility index (Phi) is 4.90. The Morgan fingerprint density at radius 2 is 1.96 bits per heavy atom. The minimum Gasteiger partial charge on any atom is -0.366 e. The fourth-order valence-corrected chi connectivity index (χ4v) is 3.61. The molecule has 0 atom stereocenters. The van der Waals surface area contributed by atoms with Gasteiger partial charge in [-0.25, -0.2) is 0 Å². The first-order valence-electron chi connectivity index (χ1n) is 8.79. The molecule has 1 amide bonds. The summed E-state index contributed by atoms with van der Waals surface area (Å²) in [5.41, 5.74) is 14.1. The third-order valence-corrected chi connectivity index (χ3v) is 5.16. The lowest BCUT2D eigenvalue weighted by molar-refractivity contribution is -0.114. The van der Waals surface area contributed by atoms with Crippen LogP contribution < -0.4 is 5.73 Å². The van der Waals surface area contributed by atoms with Gasteiger partial charge in [0, 0.05) is 12.0 Å². The van der Waals surface area contributed by atoms with Gasteiger partial charge in [-0.15, -0.1) is 0 Å². The first kappa shape index (κ1) is 17.9. The van der Waals surface area contributed by atoms with Gasteiger partial charge in [-0.05, 0) is 72.2 Å². The summed E-state index contributed by atoms with van der Waals surface area (Å²) in [7, 11) is 0. The quantitative estimate of drug-likeness (QED) is 0.784. The van der Waals surface area contributed by atoms with Crippen LogP contribution in [0.5, 0.6) is 0 Å². The number of allylic oxidation sites excluding steroid dienone is 3. The molecule has 3 rings (SSSR count). The van der Waals surface area contributed by atoms with Crippen molar-refractivity contribution in [1.29, 1.82) is 0 Å². The summed E-state index contributed by atoms with van der Waals surface area (Å²) in [6, 6.07) is 12.0. The van der Waals surface area contributed by atoms with E-state index in [1.54, 1.807) is 0 Å². The van der Waals surface area contributed by atoms with Crippen molar-refractivity contribution in [2.24, 2.45) is 5.73 Å². The highest BCUT2D eigenvalue weighted by molar-refractivity contribution is 5.99. The molecule has 132 valence electrons. The summed E-state index contributed by atoms with van der Waals surface area (Å²) < 4.78 is 0. The molecule has 2 N–H and O–H groups in total. The standard InChI is InChI=1S/C23H23NO2/c1-4-18(25)9-8-16-6-5-7-17(13-16)19-10-11-20(23(24)26)21-12-14(2)15(3)22(19)21/h4-7,10-11,13H,1,8-9,12H2,2-3H3,(H2,24,26). The summed E-state index contributed by atoms with van der Waals surface area (Å²) in [6.45, 7) is 7.72. The Hall–Kier alpha value is -2.94. The van der Waals surface area contributed by atoms with Gasteiger partial charge in [0.2, 0.25) is 5.91 Å². The van der Waals surface area contributed by atoms with E-state index in [9.17, 15) is 9.59 Å². The molecule has 0 aliphatic heterocycles. The molecule has 0 unspecified atom stereocenters. The normalized spacial score (nSPS) is 12.8. The monoisotopic (exact) mass is 345 g/mol. The maximum Gasteiger partial charge on any atom is 0.249 e. The summed E-state index contributed by atoms with van der Waals surface area (Å²) in [4.78, 5) is 23.3. The molecular weight excluding hydrogens is 322 g/mol. The largest absolute Gasteiger partial charge is 0.366 e. The summed E-state index contributed by atoms with van der Waals surface area (Å²) in [5, 5.41) is 0. The maximum atomic E-state index is 11.8. The number of nitrogens with two attached hydrogens (primary N) is 1. The van der Waals surface area contributed by atoms with Crippen molar-refractivity contribution in [3.8, 4) is 11.1 Å². The molecule has 0 bridgehead atoms. The fraction of sp³-hybridized carbons (Fsp3) is 0.217. The number of hydrogen-bond donors (Lipinski definition) is 1. The van der Waals surface area contributed by atoms with Gasteiger partial charge in [0.1, 0.15) is 0 Å². The van der Waals surface area contributed by atoms with Crippen LogP contribution >= 0.6 is 0 Å². The van der Waals surface area contributed by atoms with E-state index in [1.807, 2.05) is 24.3 Å². The SMILES string of the molecule is C=CC(=O)CCc1cccc(-c2ccc(C(N)=O)c3c2C(C)=C(C)C3)c1. The molecule has 2 aromatic rings. The zero-order valence-electron chi connectivity index (χ0n) is 15.3. The van der Waals surface area contributed by atoms with E-state index in [2.05, 4.69) is 32.6 Å². The van der Waals surface area contributed by atoms with Crippen molar-refractivity contribution in [1.82, 2.24) is 0 Å². The van der Waals surface area contributed by atoms with Crippen molar-refractivity contribution in [3.05, 3.63) is 76.9 Å². The number of primary amides is 1.